The number of carbonyl (C=O) groups excluding carboxylic acids is 2. The Morgan fingerprint density at radius 2 is 2.06 bits per heavy atom. The Hall–Kier alpha value is -1.98. The molecule has 1 atom stereocenters. The molecule has 18 heavy (non-hydrogen) atoms. The number of hydrogen-bond donors (Lipinski definition) is 4. The van der Waals surface area contributed by atoms with Crippen molar-refractivity contribution in [2.75, 3.05) is 12.3 Å². The summed E-state index contributed by atoms with van der Waals surface area (Å²) in [5.41, 5.74) is 6.32. The van der Waals surface area contributed by atoms with Crippen LogP contribution < -0.4 is 16.4 Å². The van der Waals surface area contributed by atoms with E-state index >= 15 is 0 Å². The molecule has 0 spiro atoms. The van der Waals surface area contributed by atoms with Gasteiger partial charge in [0.25, 0.3) is 5.91 Å². The van der Waals surface area contributed by atoms with Gasteiger partial charge in [-0.3, -0.25) is 9.59 Å². The smallest absolute Gasteiger partial charge is 0.268 e. The number of nitrogens with one attached hydrogen (secondary N) is 3. The summed E-state index contributed by atoms with van der Waals surface area (Å²) in [7, 11) is 0. The standard InChI is InChI=1S/C12H20N4O2/c1-7(2)5-15-11(17)8(3)16-12(18)10-4-9(13)6-14-10/h4,6-8,14H,5,13H2,1-3H3,(H,15,17)(H,16,18). The molecular formula is C12H20N4O2. The van der Waals surface area contributed by atoms with Crippen LogP contribution in [-0.4, -0.2) is 29.4 Å². The third-order valence-corrected chi connectivity index (χ3v) is 2.38. The number of amides is 2. The summed E-state index contributed by atoms with van der Waals surface area (Å²) in [5.74, 6) is -0.171. The molecule has 0 fully saturated rings. The predicted octanol–water partition coefficient (Wildman–Crippen LogP) is 0.487. The van der Waals surface area contributed by atoms with Gasteiger partial charge in [0.15, 0.2) is 0 Å². The molecule has 0 aliphatic rings. The van der Waals surface area contributed by atoms with Crippen molar-refractivity contribution in [1.82, 2.24) is 15.6 Å². The molecule has 0 aromatic carbocycles. The number of nitrogen functional groups attached to an aromatic ring is 1. The summed E-state index contributed by atoms with van der Waals surface area (Å²) in [6.45, 7) is 6.24. The lowest BCUT2D eigenvalue weighted by molar-refractivity contribution is -0.122. The van der Waals surface area contributed by atoms with Gasteiger partial charge in [-0.25, -0.2) is 0 Å². The van der Waals surface area contributed by atoms with E-state index in [9.17, 15) is 9.59 Å². The molecule has 1 aromatic heterocycles. The van der Waals surface area contributed by atoms with Crippen molar-refractivity contribution in [3.63, 3.8) is 0 Å². The second-order valence-corrected chi connectivity index (χ2v) is 4.68. The van der Waals surface area contributed by atoms with E-state index in [-0.39, 0.29) is 11.8 Å². The van der Waals surface area contributed by atoms with Gasteiger partial charge >= 0.3 is 0 Å². The van der Waals surface area contributed by atoms with Crippen LogP contribution in [0.5, 0.6) is 0 Å². The molecule has 0 saturated carbocycles. The highest BCUT2D eigenvalue weighted by atomic mass is 16.2. The third-order valence-electron chi connectivity index (χ3n) is 2.38. The fourth-order valence-electron chi connectivity index (χ4n) is 1.34. The van der Waals surface area contributed by atoms with E-state index in [1.165, 1.54) is 12.3 Å². The topological polar surface area (TPSA) is 100 Å². The van der Waals surface area contributed by atoms with Crippen LogP contribution in [0, 0.1) is 5.92 Å². The van der Waals surface area contributed by atoms with Crippen LogP contribution in [0.2, 0.25) is 0 Å². The number of aromatic nitrogens is 1. The molecule has 0 aliphatic heterocycles. The molecule has 0 aliphatic carbocycles. The molecule has 0 saturated heterocycles. The van der Waals surface area contributed by atoms with E-state index in [4.69, 9.17) is 5.73 Å². The first-order valence-corrected chi connectivity index (χ1v) is 5.92. The molecule has 0 bridgehead atoms. The number of H-pyrrole nitrogens is 1. The number of hydrogen-bond acceptors (Lipinski definition) is 3. The minimum atomic E-state index is -0.583. The zero-order valence-corrected chi connectivity index (χ0v) is 10.9. The molecule has 100 valence electrons. The Labute approximate surface area is 106 Å². The van der Waals surface area contributed by atoms with Gasteiger partial charge in [-0.15, -0.1) is 0 Å². The number of anilines is 1. The van der Waals surface area contributed by atoms with Crippen LogP contribution in [0.4, 0.5) is 5.69 Å². The molecule has 1 heterocycles. The van der Waals surface area contributed by atoms with Crippen LogP contribution in [-0.2, 0) is 4.79 Å². The molecular weight excluding hydrogens is 232 g/mol. The summed E-state index contributed by atoms with van der Waals surface area (Å²) in [6, 6.07) is 0.939. The minimum absolute atomic E-state index is 0.198. The Balaban J connectivity index is 2.46. The maximum Gasteiger partial charge on any atom is 0.268 e. The van der Waals surface area contributed by atoms with E-state index < -0.39 is 6.04 Å². The highest BCUT2D eigenvalue weighted by Gasteiger charge is 2.17. The molecule has 2 amide bonds. The lowest BCUT2D eigenvalue weighted by Crippen LogP contribution is -2.45. The first-order valence-electron chi connectivity index (χ1n) is 5.92. The maximum absolute atomic E-state index is 11.7. The summed E-state index contributed by atoms with van der Waals surface area (Å²) in [6.07, 6.45) is 1.53. The van der Waals surface area contributed by atoms with Crippen molar-refractivity contribution >= 4 is 17.5 Å². The van der Waals surface area contributed by atoms with E-state index in [1.807, 2.05) is 13.8 Å². The van der Waals surface area contributed by atoms with Crippen LogP contribution in [0.1, 0.15) is 31.3 Å². The zero-order valence-electron chi connectivity index (χ0n) is 10.9. The predicted molar refractivity (Wildman–Crippen MR) is 70.0 cm³/mol. The Morgan fingerprint density at radius 1 is 1.39 bits per heavy atom. The van der Waals surface area contributed by atoms with Gasteiger partial charge in [0, 0.05) is 18.4 Å². The van der Waals surface area contributed by atoms with Crippen molar-refractivity contribution in [3.05, 3.63) is 18.0 Å². The lowest BCUT2D eigenvalue weighted by Gasteiger charge is -2.14. The van der Waals surface area contributed by atoms with Crippen molar-refractivity contribution in [2.45, 2.75) is 26.8 Å². The largest absolute Gasteiger partial charge is 0.397 e. The Morgan fingerprint density at radius 3 is 2.56 bits per heavy atom. The van der Waals surface area contributed by atoms with Gasteiger partial charge < -0.3 is 21.4 Å². The molecule has 1 aromatic rings. The SMILES string of the molecule is CC(C)CNC(=O)C(C)NC(=O)c1cc(N)c[nH]1. The van der Waals surface area contributed by atoms with Crippen molar-refractivity contribution in [1.29, 1.82) is 0 Å². The zero-order chi connectivity index (χ0) is 13.7. The van der Waals surface area contributed by atoms with Crippen molar-refractivity contribution < 1.29 is 9.59 Å². The first-order chi connectivity index (χ1) is 8.40. The average molecular weight is 252 g/mol. The molecule has 1 unspecified atom stereocenters. The highest BCUT2D eigenvalue weighted by Crippen LogP contribution is 2.04. The summed E-state index contributed by atoms with van der Waals surface area (Å²) < 4.78 is 0. The quantitative estimate of drug-likeness (QED) is 0.613. The van der Waals surface area contributed by atoms with E-state index in [2.05, 4.69) is 15.6 Å². The highest BCUT2D eigenvalue weighted by molar-refractivity contribution is 5.96. The summed E-state index contributed by atoms with van der Waals surface area (Å²) in [5, 5.41) is 5.35. The van der Waals surface area contributed by atoms with Crippen LogP contribution in [0.3, 0.4) is 0 Å². The van der Waals surface area contributed by atoms with Gasteiger partial charge in [-0.2, -0.15) is 0 Å². The molecule has 6 nitrogen and oxygen atoms in total. The summed E-state index contributed by atoms with van der Waals surface area (Å²) >= 11 is 0. The van der Waals surface area contributed by atoms with Crippen LogP contribution in [0.15, 0.2) is 12.3 Å². The van der Waals surface area contributed by atoms with E-state index in [0.29, 0.717) is 23.8 Å². The van der Waals surface area contributed by atoms with Crippen molar-refractivity contribution in [2.24, 2.45) is 5.92 Å². The Bertz CT molecular complexity index is 425. The molecule has 0 radical (unpaired) electrons. The van der Waals surface area contributed by atoms with Gasteiger partial charge in [0.2, 0.25) is 5.91 Å². The fraction of sp³-hybridized carbons (Fsp3) is 0.500. The number of aromatic amines is 1. The first kappa shape index (κ1) is 14.1. The van der Waals surface area contributed by atoms with Gasteiger partial charge in [0.05, 0.1) is 0 Å². The fourth-order valence-corrected chi connectivity index (χ4v) is 1.34. The molecule has 6 heteroatoms. The van der Waals surface area contributed by atoms with Crippen molar-refractivity contribution in [3.8, 4) is 0 Å². The second-order valence-electron chi connectivity index (χ2n) is 4.68. The van der Waals surface area contributed by atoms with E-state index in [1.54, 1.807) is 6.92 Å². The van der Waals surface area contributed by atoms with Crippen LogP contribution >= 0.6 is 0 Å². The normalized spacial score (nSPS) is 12.2. The minimum Gasteiger partial charge on any atom is -0.397 e. The number of rotatable bonds is 5. The second kappa shape index (κ2) is 6.09. The number of nitrogens with two attached hydrogens (primary N) is 1. The average Bonchev–Trinajstić information content (AvgIpc) is 2.72. The van der Waals surface area contributed by atoms with Gasteiger partial charge in [-0.1, -0.05) is 13.8 Å². The monoisotopic (exact) mass is 252 g/mol. The number of carbonyl (C=O) groups is 2. The summed E-state index contributed by atoms with van der Waals surface area (Å²) in [4.78, 5) is 26.1. The lowest BCUT2D eigenvalue weighted by atomic mass is 10.2. The molecule has 1 rings (SSSR count). The van der Waals surface area contributed by atoms with Gasteiger partial charge in [-0.05, 0) is 18.9 Å². The maximum atomic E-state index is 11.7. The Kier molecular flexibility index (Phi) is 4.76. The van der Waals surface area contributed by atoms with E-state index in [0.717, 1.165) is 0 Å². The molecule has 5 N–H and O–H groups in total. The van der Waals surface area contributed by atoms with Gasteiger partial charge in [0.1, 0.15) is 11.7 Å². The van der Waals surface area contributed by atoms with Crippen LogP contribution in [0.25, 0.3) is 0 Å². The third kappa shape index (κ3) is 4.12.